The van der Waals surface area contributed by atoms with Gasteiger partial charge in [0.1, 0.15) is 6.04 Å². The van der Waals surface area contributed by atoms with Gasteiger partial charge in [-0.1, -0.05) is 50.2 Å². The second-order valence-corrected chi connectivity index (χ2v) is 8.64. The number of aryl methyl sites for hydroxylation is 1. The fraction of sp³-hybridized carbons (Fsp3) is 0.259. The van der Waals surface area contributed by atoms with Crippen molar-refractivity contribution < 1.29 is 14.4 Å². The molecule has 3 amide bonds. The number of benzene rings is 2. The predicted molar refractivity (Wildman–Crippen MR) is 127 cm³/mol. The van der Waals surface area contributed by atoms with Gasteiger partial charge in [-0.3, -0.25) is 19.4 Å². The lowest BCUT2D eigenvalue weighted by Crippen LogP contribution is -2.45. The van der Waals surface area contributed by atoms with Gasteiger partial charge in [0.25, 0.3) is 11.8 Å². The SMILES string of the molecule is Cc1ccccc1C(=O)N(Cc1cccnc1)C1CC(=O)N(c2ccc(C(C)C)cc2)C1=O. The van der Waals surface area contributed by atoms with Gasteiger partial charge >= 0.3 is 0 Å². The van der Waals surface area contributed by atoms with Gasteiger partial charge in [-0.15, -0.1) is 0 Å². The number of nitrogens with zero attached hydrogens (tertiary/aromatic N) is 3. The number of rotatable bonds is 6. The third-order valence-corrected chi connectivity index (χ3v) is 6.03. The van der Waals surface area contributed by atoms with E-state index < -0.39 is 6.04 Å². The van der Waals surface area contributed by atoms with Gasteiger partial charge in [0.05, 0.1) is 12.1 Å². The number of pyridine rings is 1. The standard InChI is InChI=1S/C27H27N3O3/c1-18(2)21-10-12-22(13-11-21)30-25(31)15-24(27(30)33)29(17-20-8-6-14-28-16-20)26(32)23-9-5-4-7-19(23)3/h4-14,16,18,24H,15,17H2,1-3H3. The van der Waals surface area contributed by atoms with Crippen molar-refractivity contribution in [2.45, 2.75) is 45.7 Å². The fourth-order valence-electron chi connectivity index (χ4n) is 4.12. The van der Waals surface area contributed by atoms with Crippen molar-refractivity contribution in [2.24, 2.45) is 0 Å². The number of carbonyl (C=O) groups is 3. The van der Waals surface area contributed by atoms with Crippen LogP contribution >= 0.6 is 0 Å². The maximum atomic E-state index is 13.6. The topological polar surface area (TPSA) is 70.6 Å². The summed E-state index contributed by atoms with van der Waals surface area (Å²) in [6.07, 6.45) is 3.27. The molecule has 0 saturated carbocycles. The zero-order chi connectivity index (χ0) is 23.5. The molecule has 1 unspecified atom stereocenters. The monoisotopic (exact) mass is 441 g/mol. The lowest BCUT2D eigenvalue weighted by atomic mass is 10.0. The molecule has 1 saturated heterocycles. The molecule has 0 radical (unpaired) electrons. The summed E-state index contributed by atoms with van der Waals surface area (Å²) >= 11 is 0. The van der Waals surface area contributed by atoms with Crippen LogP contribution in [0.5, 0.6) is 0 Å². The van der Waals surface area contributed by atoms with E-state index >= 15 is 0 Å². The average molecular weight is 442 g/mol. The number of aromatic nitrogens is 1. The van der Waals surface area contributed by atoms with Crippen molar-refractivity contribution in [3.8, 4) is 0 Å². The van der Waals surface area contributed by atoms with Crippen LogP contribution in [0.2, 0.25) is 0 Å². The number of amides is 3. The van der Waals surface area contributed by atoms with E-state index in [1.807, 2.05) is 37.3 Å². The summed E-state index contributed by atoms with van der Waals surface area (Å²) in [6, 6.07) is 17.5. The first-order valence-electron chi connectivity index (χ1n) is 11.1. The predicted octanol–water partition coefficient (Wildman–Crippen LogP) is 4.49. The van der Waals surface area contributed by atoms with Gasteiger partial charge in [-0.2, -0.15) is 0 Å². The molecule has 4 rings (SSSR count). The highest BCUT2D eigenvalue weighted by Crippen LogP contribution is 2.29. The third-order valence-electron chi connectivity index (χ3n) is 6.03. The minimum absolute atomic E-state index is 0.0529. The molecule has 3 aromatic rings. The summed E-state index contributed by atoms with van der Waals surface area (Å²) in [6.45, 7) is 6.22. The molecule has 1 aliphatic heterocycles. The second-order valence-electron chi connectivity index (χ2n) is 8.64. The Hall–Kier alpha value is -3.80. The van der Waals surface area contributed by atoms with Crippen molar-refractivity contribution in [3.05, 3.63) is 95.3 Å². The molecule has 0 N–H and O–H groups in total. The molecule has 0 bridgehead atoms. The Morgan fingerprint density at radius 1 is 1.06 bits per heavy atom. The van der Waals surface area contributed by atoms with Gasteiger partial charge in [-0.05, 0) is 53.8 Å². The van der Waals surface area contributed by atoms with Crippen LogP contribution < -0.4 is 4.90 Å². The summed E-state index contributed by atoms with van der Waals surface area (Å²) in [7, 11) is 0. The Morgan fingerprint density at radius 3 is 2.42 bits per heavy atom. The first-order valence-corrected chi connectivity index (χ1v) is 11.1. The normalized spacial score (nSPS) is 15.9. The first kappa shape index (κ1) is 22.4. The molecule has 1 aromatic heterocycles. The molecule has 1 fully saturated rings. The van der Waals surface area contributed by atoms with Crippen LogP contribution in [0.25, 0.3) is 0 Å². The van der Waals surface area contributed by atoms with Gasteiger partial charge in [0, 0.05) is 24.5 Å². The van der Waals surface area contributed by atoms with Crippen molar-refractivity contribution in [2.75, 3.05) is 4.90 Å². The van der Waals surface area contributed by atoms with Gasteiger partial charge in [-0.25, -0.2) is 4.90 Å². The average Bonchev–Trinajstić information content (AvgIpc) is 3.11. The van der Waals surface area contributed by atoms with Crippen molar-refractivity contribution in [1.82, 2.24) is 9.88 Å². The zero-order valence-corrected chi connectivity index (χ0v) is 19.1. The summed E-state index contributed by atoms with van der Waals surface area (Å²) < 4.78 is 0. The van der Waals surface area contributed by atoms with E-state index in [2.05, 4.69) is 18.8 Å². The van der Waals surface area contributed by atoms with Crippen LogP contribution in [-0.4, -0.2) is 33.6 Å². The Balaban J connectivity index is 1.68. The van der Waals surface area contributed by atoms with Crippen LogP contribution in [-0.2, 0) is 16.1 Å². The van der Waals surface area contributed by atoms with Crippen LogP contribution in [0.4, 0.5) is 5.69 Å². The second kappa shape index (κ2) is 9.36. The number of hydrogen-bond acceptors (Lipinski definition) is 4. The highest BCUT2D eigenvalue weighted by molar-refractivity contribution is 6.23. The Labute approximate surface area is 193 Å². The molecule has 0 spiro atoms. The van der Waals surface area contributed by atoms with Gasteiger partial charge in [0.15, 0.2) is 0 Å². The van der Waals surface area contributed by atoms with E-state index in [1.165, 1.54) is 9.80 Å². The van der Waals surface area contributed by atoms with Crippen molar-refractivity contribution >= 4 is 23.4 Å². The van der Waals surface area contributed by atoms with Crippen LogP contribution in [0, 0.1) is 6.92 Å². The highest BCUT2D eigenvalue weighted by atomic mass is 16.2. The lowest BCUT2D eigenvalue weighted by molar-refractivity contribution is -0.122. The Morgan fingerprint density at radius 2 is 1.79 bits per heavy atom. The third kappa shape index (κ3) is 4.55. The molecule has 2 heterocycles. The fourth-order valence-corrected chi connectivity index (χ4v) is 4.12. The number of hydrogen-bond donors (Lipinski definition) is 0. The largest absolute Gasteiger partial charge is 0.322 e. The summed E-state index contributed by atoms with van der Waals surface area (Å²) in [4.78, 5) is 46.9. The first-order chi connectivity index (χ1) is 15.9. The molecule has 1 atom stereocenters. The Kier molecular flexibility index (Phi) is 6.36. The number of anilines is 1. The van der Waals surface area contributed by atoms with Crippen molar-refractivity contribution in [1.29, 1.82) is 0 Å². The minimum atomic E-state index is -0.880. The molecular weight excluding hydrogens is 414 g/mol. The van der Waals surface area contributed by atoms with E-state index in [4.69, 9.17) is 0 Å². The quantitative estimate of drug-likeness (QED) is 0.529. The van der Waals surface area contributed by atoms with Gasteiger partial charge in [0.2, 0.25) is 5.91 Å². The van der Waals surface area contributed by atoms with E-state index in [9.17, 15) is 14.4 Å². The van der Waals surface area contributed by atoms with Crippen molar-refractivity contribution in [3.63, 3.8) is 0 Å². The van der Waals surface area contributed by atoms with E-state index in [0.29, 0.717) is 17.2 Å². The number of carbonyl (C=O) groups excluding carboxylic acids is 3. The molecule has 33 heavy (non-hydrogen) atoms. The maximum absolute atomic E-state index is 13.6. The highest BCUT2D eigenvalue weighted by Gasteiger charge is 2.44. The minimum Gasteiger partial charge on any atom is -0.322 e. The summed E-state index contributed by atoms with van der Waals surface area (Å²) in [5.41, 5.74) is 3.78. The van der Waals surface area contributed by atoms with E-state index in [1.54, 1.807) is 42.7 Å². The van der Waals surface area contributed by atoms with E-state index in [0.717, 1.165) is 16.7 Å². The molecule has 0 aliphatic carbocycles. The van der Waals surface area contributed by atoms with Crippen LogP contribution in [0.1, 0.15) is 53.2 Å². The molecule has 6 heteroatoms. The molecule has 2 aromatic carbocycles. The summed E-state index contributed by atoms with van der Waals surface area (Å²) in [5.74, 6) is -0.627. The molecular formula is C27H27N3O3. The number of imide groups is 1. The summed E-state index contributed by atoms with van der Waals surface area (Å²) in [5, 5.41) is 0. The zero-order valence-electron chi connectivity index (χ0n) is 19.1. The molecule has 6 nitrogen and oxygen atoms in total. The molecule has 168 valence electrons. The van der Waals surface area contributed by atoms with E-state index in [-0.39, 0.29) is 30.7 Å². The van der Waals surface area contributed by atoms with Gasteiger partial charge < -0.3 is 4.90 Å². The lowest BCUT2D eigenvalue weighted by Gasteiger charge is -2.28. The Bertz CT molecular complexity index is 1170. The maximum Gasteiger partial charge on any atom is 0.257 e. The smallest absolute Gasteiger partial charge is 0.257 e. The van der Waals surface area contributed by atoms with Crippen LogP contribution in [0.15, 0.2) is 73.1 Å². The van der Waals surface area contributed by atoms with Crippen LogP contribution in [0.3, 0.4) is 0 Å². The molecule has 1 aliphatic rings.